The molecule has 1 saturated carbocycles. The van der Waals surface area contributed by atoms with Crippen molar-refractivity contribution in [2.24, 2.45) is 11.8 Å². The van der Waals surface area contributed by atoms with E-state index in [9.17, 15) is 4.79 Å². The highest BCUT2D eigenvalue weighted by Gasteiger charge is 2.44. The molecule has 0 bridgehead atoms. The largest absolute Gasteiger partial charge is 0.496 e. The molecule has 0 amide bonds. The molecule has 0 saturated heterocycles. The molecule has 104 valence electrons. The number of halogens is 1. The molecule has 0 spiro atoms. The van der Waals surface area contributed by atoms with Gasteiger partial charge in [-0.25, -0.2) is 0 Å². The fourth-order valence-corrected chi connectivity index (χ4v) is 2.80. The van der Waals surface area contributed by atoms with E-state index in [1.54, 1.807) is 7.11 Å². The fraction of sp³-hybridized carbons (Fsp3) is 0.533. The predicted molar refractivity (Wildman–Crippen MR) is 74.6 cm³/mol. The summed E-state index contributed by atoms with van der Waals surface area (Å²) in [5, 5.41) is 0.711. The maximum absolute atomic E-state index is 11.4. The minimum absolute atomic E-state index is 0.0811. The number of carbonyl (C=O) groups excluding carboxylic acids is 1. The Morgan fingerprint density at radius 2 is 2.21 bits per heavy atom. The van der Waals surface area contributed by atoms with Crippen molar-refractivity contribution < 1.29 is 14.3 Å². The Balaban J connectivity index is 2.03. The third kappa shape index (κ3) is 3.21. The van der Waals surface area contributed by atoms with E-state index in [2.05, 4.69) is 6.92 Å². The van der Waals surface area contributed by atoms with Crippen LogP contribution in [0.3, 0.4) is 0 Å². The molecule has 0 heterocycles. The lowest BCUT2D eigenvalue weighted by molar-refractivity contribution is -0.142. The van der Waals surface area contributed by atoms with E-state index in [-0.39, 0.29) is 11.9 Å². The Hall–Kier alpha value is -1.22. The van der Waals surface area contributed by atoms with Crippen LogP contribution in [0.1, 0.15) is 31.2 Å². The summed E-state index contributed by atoms with van der Waals surface area (Å²) in [4.78, 5) is 11.4. The van der Waals surface area contributed by atoms with Gasteiger partial charge in [0, 0.05) is 5.02 Å². The molecule has 0 aromatic heterocycles. The van der Waals surface area contributed by atoms with Crippen LogP contribution < -0.4 is 4.74 Å². The van der Waals surface area contributed by atoms with Crippen LogP contribution in [0.5, 0.6) is 5.75 Å². The molecule has 3 nitrogen and oxygen atoms in total. The lowest BCUT2D eigenvalue weighted by atomic mass is 9.94. The van der Waals surface area contributed by atoms with Crippen LogP contribution in [0.2, 0.25) is 5.02 Å². The summed E-state index contributed by atoms with van der Waals surface area (Å²) in [6.07, 6.45) is 1.89. The second-order valence-electron chi connectivity index (χ2n) is 5.15. The molecule has 0 N–H and O–H groups in total. The van der Waals surface area contributed by atoms with E-state index < -0.39 is 0 Å². The SMILES string of the molecule is COC(=O)C1CC1CC(C)c1cc(Cl)ccc1OC. The van der Waals surface area contributed by atoms with E-state index in [4.69, 9.17) is 21.1 Å². The van der Waals surface area contributed by atoms with Crippen molar-refractivity contribution >= 4 is 17.6 Å². The van der Waals surface area contributed by atoms with Gasteiger partial charge in [0.25, 0.3) is 0 Å². The van der Waals surface area contributed by atoms with Crippen molar-refractivity contribution in [3.63, 3.8) is 0 Å². The van der Waals surface area contributed by atoms with E-state index in [0.717, 1.165) is 24.2 Å². The lowest BCUT2D eigenvalue weighted by Crippen LogP contribution is -2.06. The molecule has 1 aliphatic rings. The normalized spacial score (nSPS) is 22.7. The van der Waals surface area contributed by atoms with Crippen LogP contribution in [0.25, 0.3) is 0 Å². The minimum atomic E-state index is -0.0877. The van der Waals surface area contributed by atoms with Crippen LogP contribution >= 0.6 is 11.6 Å². The zero-order valence-corrected chi connectivity index (χ0v) is 12.2. The van der Waals surface area contributed by atoms with Gasteiger partial charge < -0.3 is 9.47 Å². The molecule has 1 fully saturated rings. The zero-order chi connectivity index (χ0) is 14.0. The number of methoxy groups -OCH3 is 2. The molecule has 19 heavy (non-hydrogen) atoms. The Bertz CT molecular complexity index is 472. The van der Waals surface area contributed by atoms with Gasteiger partial charge >= 0.3 is 5.97 Å². The highest BCUT2D eigenvalue weighted by atomic mass is 35.5. The molecule has 1 aromatic carbocycles. The molecule has 2 rings (SSSR count). The van der Waals surface area contributed by atoms with Crippen molar-refractivity contribution in [1.29, 1.82) is 0 Å². The van der Waals surface area contributed by atoms with Crippen molar-refractivity contribution in [2.45, 2.75) is 25.7 Å². The maximum Gasteiger partial charge on any atom is 0.308 e. The van der Waals surface area contributed by atoms with E-state index in [1.165, 1.54) is 7.11 Å². The number of hydrogen-bond donors (Lipinski definition) is 0. The van der Waals surface area contributed by atoms with Crippen molar-refractivity contribution in [2.75, 3.05) is 14.2 Å². The van der Waals surface area contributed by atoms with Gasteiger partial charge in [0.1, 0.15) is 5.75 Å². The van der Waals surface area contributed by atoms with Crippen molar-refractivity contribution in [1.82, 2.24) is 0 Å². The lowest BCUT2D eigenvalue weighted by Gasteiger charge is -2.16. The van der Waals surface area contributed by atoms with Crippen LogP contribution in [0, 0.1) is 11.8 Å². The number of benzene rings is 1. The highest BCUT2D eigenvalue weighted by Crippen LogP contribution is 2.46. The first-order chi connectivity index (χ1) is 9.06. The Morgan fingerprint density at radius 1 is 1.47 bits per heavy atom. The predicted octanol–water partition coefficient (Wildman–Crippen LogP) is 3.65. The average Bonchev–Trinajstić information content (AvgIpc) is 3.17. The molecule has 3 atom stereocenters. The molecule has 1 aromatic rings. The number of carbonyl (C=O) groups is 1. The number of ether oxygens (including phenoxy) is 2. The first-order valence-corrected chi connectivity index (χ1v) is 6.85. The summed E-state index contributed by atoms with van der Waals surface area (Å²) >= 11 is 6.04. The van der Waals surface area contributed by atoms with Crippen LogP contribution in [0.4, 0.5) is 0 Å². The maximum atomic E-state index is 11.4. The standard InChI is InChI=1S/C15H19ClO3/c1-9(6-10-7-13(10)15(17)19-3)12-8-11(16)4-5-14(12)18-2/h4-5,8-10,13H,6-7H2,1-3H3. The molecule has 1 aliphatic carbocycles. The van der Waals surface area contributed by atoms with Gasteiger partial charge in [0.05, 0.1) is 20.1 Å². The highest BCUT2D eigenvalue weighted by molar-refractivity contribution is 6.30. The smallest absolute Gasteiger partial charge is 0.308 e. The second kappa shape index (κ2) is 5.83. The van der Waals surface area contributed by atoms with Crippen molar-refractivity contribution in [3.05, 3.63) is 28.8 Å². The Labute approximate surface area is 118 Å². The first-order valence-electron chi connectivity index (χ1n) is 6.48. The summed E-state index contributed by atoms with van der Waals surface area (Å²) in [6, 6.07) is 5.66. The topological polar surface area (TPSA) is 35.5 Å². The molecular formula is C15H19ClO3. The van der Waals surface area contributed by atoms with Gasteiger partial charge in [-0.3, -0.25) is 4.79 Å². The van der Waals surface area contributed by atoms with Crippen LogP contribution in [-0.4, -0.2) is 20.2 Å². The van der Waals surface area contributed by atoms with E-state index in [0.29, 0.717) is 16.9 Å². The van der Waals surface area contributed by atoms with Crippen molar-refractivity contribution in [3.8, 4) is 5.75 Å². The van der Waals surface area contributed by atoms with Gasteiger partial charge in [-0.2, -0.15) is 0 Å². The third-order valence-electron chi connectivity index (χ3n) is 3.81. The molecular weight excluding hydrogens is 264 g/mol. The van der Waals surface area contributed by atoms with E-state index in [1.807, 2.05) is 18.2 Å². The van der Waals surface area contributed by atoms with Crippen LogP contribution in [0.15, 0.2) is 18.2 Å². The fourth-order valence-electron chi connectivity index (χ4n) is 2.62. The molecule has 0 aliphatic heterocycles. The van der Waals surface area contributed by atoms with Gasteiger partial charge in [-0.15, -0.1) is 0 Å². The Kier molecular flexibility index (Phi) is 4.35. The number of hydrogen-bond acceptors (Lipinski definition) is 3. The summed E-state index contributed by atoms with van der Waals surface area (Å²) in [6.45, 7) is 2.14. The third-order valence-corrected chi connectivity index (χ3v) is 4.04. The summed E-state index contributed by atoms with van der Waals surface area (Å²) in [7, 11) is 3.11. The Morgan fingerprint density at radius 3 is 2.84 bits per heavy atom. The second-order valence-corrected chi connectivity index (χ2v) is 5.58. The van der Waals surface area contributed by atoms with Gasteiger partial charge in [-0.05, 0) is 48.4 Å². The van der Waals surface area contributed by atoms with Gasteiger partial charge in [0.2, 0.25) is 0 Å². The first kappa shape index (κ1) is 14.2. The monoisotopic (exact) mass is 282 g/mol. The number of esters is 1. The molecule has 4 heteroatoms. The van der Waals surface area contributed by atoms with E-state index >= 15 is 0 Å². The summed E-state index contributed by atoms with van der Waals surface area (Å²) in [5.41, 5.74) is 1.10. The zero-order valence-electron chi connectivity index (χ0n) is 11.5. The van der Waals surface area contributed by atoms with Gasteiger partial charge in [0.15, 0.2) is 0 Å². The molecule has 0 radical (unpaired) electrons. The number of rotatable bonds is 5. The minimum Gasteiger partial charge on any atom is -0.496 e. The van der Waals surface area contributed by atoms with Gasteiger partial charge in [-0.1, -0.05) is 18.5 Å². The molecule has 3 unspecified atom stereocenters. The van der Waals surface area contributed by atoms with Crippen LogP contribution in [-0.2, 0) is 9.53 Å². The quantitative estimate of drug-likeness (QED) is 0.773. The summed E-state index contributed by atoms with van der Waals surface area (Å²) < 4.78 is 10.1. The average molecular weight is 283 g/mol. The summed E-state index contributed by atoms with van der Waals surface area (Å²) in [5.74, 6) is 1.58.